The van der Waals surface area contributed by atoms with Gasteiger partial charge in [-0.3, -0.25) is 9.59 Å². The van der Waals surface area contributed by atoms with E-state index >= 15 is 0 Å². The molecule has 1 saturated carbocycles. The summed E-state index contributed by atoms with van der Waals surface area (Å²) in [6.07, 6.45) is 4.57. The summed E-state index contributed by atoms with van der Waals surface area (Å²) >= 11 is 0. The number of amides is 1. The number of methoxy groups -OCH3 is 1. The molecule has 2 N–H and O–H groups in total. The summed E-state index contributed by atoms with van der Waals surface area (Å²) in [5.41, 5.74) is 0.286. The molecule has 5 nitrogen and oxygen atoms in total. The van der Waals surface area contributed by atoms with Crippen LogP contribution < -0.4 is 10.1 Å². The minimum Gasteiger partial charge on any atom is -0.497 e. The molecule has 0 saturated heterocycles. The fraction of sp³-hybridized carbons (Fsp3) is 0.579. The van der Waals surface area contributed by atoms with Crippen molar-refractivity contribution < 1.29 is 19.4 Å². The van der Waals surface area contributed by atoms with Crippen LogP contribution in [0.4, 0.5) is 0 Å². The Hall–Kier alpha value is -2.04. The van der Waals surface area contributed by atoms with Gasteiger partial charge >= 0.3 is 5.97 Å². The molecule has 1 aromatic carbocycles. The third-order valence-electron chi connectivity index (χ3n) is 5.06. The van der Waals surface area contributed by atoms with E-state index in [0.29, 0.717) is 19.3 Å². The third kappa shape index (κ3) is 4.49. The van der Waals surface area contributed by atoms with Gasteiger partial charge in [0.1, 0.15) is 5.75 Å². The van der Waals surface area contributed by atoms with Crippen LogP contribution >= 0.6 is 0 Å². The van der Waals surface area contributed by atoms with E-state index in [2.05, 4.69) is 5.32 Å². The van der Waals surface area contributed by atoms with Gasteiger partial charge in [-0.1, -0.05) is 38.3 Å². The summed E-state index contributed by atoms with van der Waals surface area (Å²) in [4.78, 5) is 23.9. The van der Waals surface area contributed by atoms with Gasteiger partial charge in [-0.25, -0.2) is 0 Å². The van der Waals surface area contributed by atoms with E-state index in [-0.39, 0.29) is 18.4 Å². The Balaban J connectivity index is 1.88. The van der Waals surface area contributed by atoms with Crippen LogP contribution in [0.25, 0.3) is 0 Å². The van der Waals surface area contributed by atoms with Crippen LogP contribution in [0.2, 0.25) is 0 Å². The van der Waals surface area contributed by atoms with Crippen LogP contribution in [0.1, 0.15) is 56.9 Å². The Kier molecular flexibility index (Phi) is 6.23. The number of carbonyl (C=O) groups is 2. The molecule has 24 heavy (non-hydrogen) atoms. The molecule has 0 aromatic heterocycles. The molecule has 1 atom stereocenters. The van der Waals surface area contributed by atoms with Crippen molar-refractivity contribution in [3.05, 3.63) is 29.8 Å². The van der Waals surface area contributed by atoms with Crippen molar-refractivity contribution >= 4 is 11.9 Å². The highest BCUT2D eigenvalue weighted by Crippen LogP contribution is 2.36. The first-order valence-corrected chi connectivity index (χ1v) is 8.61. The number of carboxylic acid groups (broad SMARTS) is 1. The molecule has 0 bridgehead atoms. The number of carbonyl (C=O) groups excluding carboxylic acids is 1. The summed E-state index contributed by atoms with van der Waals surface area (Å²) in [6.45, 7) is 2.23. The van der Waals surface area contributed by atoms with Crippen LogP contribution in [-0.2, 0) is 9.59 Å². The number of aliphatic carboxylic acids is 1. The predicted molar refractivity (Wildman–Crippen MR) is 92.2 cm³/mol. The topological polar surface area (TPSA) is 75.6 Å². The van der Waals surface area contributed by atoms with Crippen LogP contribution in [-0.4, -0.2) is 30.6 Å². The summed E-state index contributed by atoms with van der Waals surface area (Å²) in [5.74, 6) is -0.0191. The van der Waals surface area contributed by atoms with E-state index in [9.17, 15) is 14.7 Å². The highest BCUT2D eigenvalue weighted by atomic mass is 16.5. The Bertz CT molecular complexity index is 561. The van der Waals surface area contributed by atoms with Gasteiger partial charge in [0.2, 0.25) is 5.91 Å². The summed E-state index contributed by atoms with van der Waals surface area (Å²) in [6, 6.07) is 7.67. The van der Waals surface area contributed by atoms with Crippen LogP contribution in [0.15, 0.2) is 24.3 Å². The average molecular weight is 333 g/mol. The third-order valence-corrected chi connectivity index (χ3v) is 5.06. The Morgan fingerprint density at radius 1 is 1.21 bits per heavy atom. The van der Waals surface area contributed by atoms with Crippen molar-refractivity contribution in [3.63, 3.8) is 0 Å². The van der Waals surface area contributed by atoms with E-state index in [1.54, 1.807) is 7.11 Å². The SMILES string of the molecule is COc1ccc(C(C)CC(=O)NCC2(C(=O)O)CCCCC2)cc1. The number of hydrogen-bond acceptors (Lipinski definition) is 3. The van der Waals surface area contributed by atoms with Crippen molar-refractivity contribution in [2.75, 3.05) is 13.7 Å². The lowest BCUT2D eigenvalue weighted by Crippen LogP contribution is -2.44. The molecule has 1 fully saturated rings. The smallest absolute Gasteiger partial charge is 0.311 e. The number of benzene rings is 1. The Labute approximate surface area is 143 Å². The van der Waals surface area contributed by atoms with E-state index in [0.717, 1.165) is 30.6 Å². The predicted octanol–water partition coefficient (Wildman–Crippen LogP) is 3.34. The minimum atomic E-state index is -0.786. The van der Waals surface area contributed by atoms with Crippen molar-refractivity contribution in [3.8, 4) is 5.75 Å². The number of hydrogen-bond donors (Lipinski definition) is 2. The van der Waals surface area contributed by atoms with E-state index in [1.807, 2.05) is 31.2 Å². The monoisotopic (exact) mass is 333 g/mol. The second-order valence-electron chi connectivity index (χ2n) is 6.80. The lowest BCUT2D eigenvalue weighted by Gasteiger charge is -2.33. The number of nitrogens with one attached hydrogen (secondary N) is 1. The fourth-order valence-corrected chi connectivity index (χ4v) is 3.36. The quantitative estimate of drug-likeness (QED) is 0.802. The number of ether oxygens (including phenoxy) is 1. The molecular weight excluding hydrogens is 306 g/mol. The van der Waals surface area contributed by atoms with Crippen LogP contribution in [0.5, 0.6) is 5.75 Å². The normalized spacial score (nSPS) is 17.8. The highest BCUT2D eigenvalue weighted by molar-refractivity contribution is 5.79. The molecular formula is C19H27NO4. The van der Waals surface area contributed by atoms with Crippen LogP contribution in [0, 0.1) is 5.41 Å². The molecule has 0 aliphatic heterocycles. The van der Waals surface area contributed by atoms with Crippen LogP contribution in [0.3, 0.4) is 0 Å². The molecule has 1 aliphatic rings. The van der Waals surface area contributed by atoms with Crippen molar-refractivity contribution in [2.45, 2.75) is 51.4 Å². The van der Waals surface area contributed by atoms with Gasteiger partial charge in [-0.15, -0.1) is 0 Å². The largest absolute Gasteiger partial charge is 0.497 e. The molecule has 5 heteroatoms. The van der Waals surface area contributed by atoms with Gasteiger partial charge < -0.3 is 15.2 Å². The maximum Gasteiger partial charge on any atom is 0.311 e. The van der Waals surface area contributed by atoms with Gasteiger partial charge in [0, 0.05) is 13.0 Å². The van der Waals surface area contributed by atoms with E-state index in [1.165, 1.54) is 0 Å². The fourth-order valence-electron chi connectivity index (χ4n) is 3.36. The zero-order chi connectivity index (χ0) is 17.6. The van der Waals surface area contributed by atoms with Crippen molar-refractivity contribution in [1.29, 1.82) is 0 Å². The number of carboxylic acids is 1. The van der Waals surface area contributed by atoms with Gasteiger partial charge in [-0.2, -0.15) is 0 Å². The highest BCUT2D eigenvalue weighted by Gasteiger charge is 2.39. The standard InChI is InChI=1S/C19H27NO4/c1-14(15-6-8-16(24-2)9-7-15)12-17(21)20-13-19(18(22)23)10-4-3-5-11-19/h6-9,14H,3-5,10-13H2,1-2H3,(H,20,21)(H,22,23). The second-order valence-corrected chi connectivity index (χ2v) is 6.80. The lowest BCUT2D eigenvalue weighted by molar-refractivity contribution is -0.151. The molecule has 0 radical (unpaired) electrons. The minimum absolute atomic E-state index is 0.0723. The summed E-state index contributed by atoms with van der Waals surface area (Å²) in [7, 11) is 1.62. The van der Waals surface area contributed by atoms with E-state index in [4.69, 9.17) is 4.74 Å². The molecule has 132 valence electrons. The summed E-state index contributed by atoms with van der Waals surface area (Å²) < 4.78 is 5.13. The average Bonchev–Trinajstić information content (AvgIpc) is 2.60. The first-order valence-electron chi connectivity index (χ1n) is 8.61. The maximum atomic E-state index is 12.2. The zero-order valence-corrected chi connectivity index (χ0v) is 14.5. The van der Waals surface area contributed by atoms with Gasteiger partial charge in [-0.05, 0) is 36.5 Å². The van der Waals surface area contributed by atoms with Gasteiger partial charge in [0.15, 0.2) is 0 Å². The maximum absolute atomic E-state index is 12.2. The first-order chi connectivity index (χ1) is 11.5. The summed E-state index contributed by atoms with van der Waals surface area (Å²) in [5, 5.41) is 12.4. The molecule has 0 heterocycles. The molecule has 1 aliphatic carbocycles. The molecule has 2 rings (SSSR count). The second kappa shape index (κ2) is 8.18. The molecule has 1 unspecified atom stereocenters. The number of rotatable bonds is 7. The van der Waals surface area contributed by atoms with Crippen molar-refractivity contribution in [1.82, 2.24) is 5.32 Å². The molecule has 0 spiro atoms. The molecule has 1 amide bonds. The molecule has 1 aromatic rings. The van der Waals surface area contributed by atoms with Crippen molar-refractivity contribution in [2.24, 2.45) is 5.41 Å². The van der Waals surface area contributed by atoms with Gasteiger partial charge in [0.05, 0.1) is 12.5 Å². The Morgan fingerprint density at radius 3 is 2.38 bits per heavy atom. The lowest BCUT2D eigenvalue weighted by atomic mass is 9.74. The first kappa shape index (κ1) is 18.3. The zero-order valence-electron chi connectivity index (χ0n) is 14.5. The van der Waals surface area contributed by atoms with E-state index < -0.39 is 11.4 Å². The van der Waals surface area contributed by atoms with Gasteiger partial charge in [0.25, 0.3) is 0 Å². The Morgan fingerprint density at radius 2 is 1.83 bits per heavy atom.